The number of aliphatic carboxylic acids is 1. The molecule has 0 unspecified atom stereocenters. The predicted octanol–water partition coefficient (Wildman–Crippen LogP) is 3.50. The van der Waals surface area contributed by atoms with E-state index in [1.807, 2.05) is 13.8 Å². The van der Waals surface area contributed by atoms with Crippen LogP contribution >= 0.6 is 11.6 Å². The number of rotatable bonds is 5. The second-order valence-corrected chi connectivity index (χ2v) is 10.9. The van der Waals surface area contributed by atoms with E-state index in [4.69, 9.17) is 16.3 Å². The number of carboxylic acid groups (broad SMARTS) is 1. The molecule has 3 rings (SSSR count). The summed E-state index contributed by atoms with van der Waals surface area (Å²) in [7, 11) is 1.47. The summed E-state index contributed by atoms with van der Waals surface area (Å²) in [5.74, 6) is -2.08. The molecule has 0 aliphatic carbocycles. The first kappa shape index (κ1) is 25.8. The summed E-state index contributed by atoms with van der Waals surface area (Å²) >= 11 is 6.17. The number of carbonyl (C=O) groups excluding carboxylic acids is 3. The predicted molar refractivity (Wildman–Crippen MR) is 127 cm³/mol. The highest BCUT2D eigenvalue weighted by Gasteiger charge is 2.58. The number of benzene rings is 1. The van der Waals surface area contributed by atoms with E-state index < -0.39 is 41.1 Å². The van der Waals surface area contributed by atoms with Gasteiger partial charge < -0.3 is 20.1 Å². The molecule has 3 atom stereocenters. The van der Waals surface area contributed by atoms with Crippen LogP contribution in [0.15, 0.2) is 18.2 Å². The van der Waals surface area contributed by atoms with Crippen LogP contribution in [0, 0.1) is 5.92 Å². The van der Waals surface area contributed by atoms with Gasteiger partial charge >= 0.3 is 12.1 Å². The molecule has 0 radical (unpaired) electrons. The number of ether oxygens (including phenoxy) is 1. The second kappa shape index (κ2) is 9.09. The number of carbonyl (C=O) groups is 4. The third kappa shape index (κ3) is 4.85. The number of carboxylic acids is 1. The van der Waals surface area contributed by atoms with Gasteiger partial charge in [-0.15, -0.1) is 0 Å². The molecule has 3 amide bonds. The Balaban J connectivity index is 1.98. The number of anilines is 1. The number of likely N-dealkylation sites (tertiary alicyclic amines) is 1. The molecule has 10 heteroatoms. The van der Waals surface area contributed by atoms with Crippen molar-refractivity contribution in [2.45, 2.75) is 70.6 Å². The lowest BCUT2D eigenvalue weighted by atomic mass is 9.79. The van der Waals surface area contributed by atoms with Crippen molar-refractivity contribution in [1.29, 1.82) is 0 Å². The lowest BCUT2D eigenvalue weighted by molar-refractivity contribution is -0.150. The van der Waals surface area contributed by atoms with Gasteiger partial charge in [-0.3, -0.25) is 14.5 Å². The van der Waals surface area contributed by atoms with Gasteiger partial charge in [0.2, 0.25) is 11.8 Å². The molecule has 2 aliphatic heterocycles. The fourth-order valence-corrected chi connectivity index (χ4v) is 4.80. The molecule has 1 aromatic carbocycles. The minimum atomic E-state index is -1.23. The molecule has 1 aromatic rings. The molecule has 186 valence electrons. The Morgan fingerprint density at radius 3 is 2.53 bits per heavy atom. The molecular weight excluding hydrogens is 462 g/mol. The van der Waals surface area contributed by atoms with Crippen molar-refractivity contribution in [1.82, 2.24) is 9.80 Å². The number of likely N-dealkylation sites (N-methyl/N-ethyl adjacent to an activating group) is 1. The van der Waals surface area contributed by atoms with Crippen LogP contribution in [0.1, 0.15) is 53.0 Å². The average Bonchev–Trinajstić information content (AvgIpc) is 3.24. The Bertz CT molecular complexity index is 1020. The summed E-state index contributed by atoms with van der Waals surface area (Å²) in [6, 6.07) is 2.77. The van der Waals surface area contributed by atoms with E-state index in [2.05, 4.69) is 5.32 Å². The first-order chi connectivity index (χ1) is 15.7. The van der Waals surface area contributed by atoms with Gasteiger partial charge in [0.25, 0.3) is 0 Å². The van der Waals surface area contributed by atoms with Gasteiger partial charge in [-0.05, 0) is 63.3 Å². The van der Waals surface area contributed by atoms with E-state index in [1.165, 1.54) is 16.8 Å². The van der Waals surface area contributed by atoms with Gasteiger partial charge in [0.15, 0.2) is 0 Å². The second-order valence-electron chi connectivity index (χ2n) is 10.5. The standard InChI is InChI=1S/C24H32ClN3O6/c1-13(2)9-17(27(6)22(33)34-23(3,4)5)19(29)28-12-24(11-18(28)20(30)31)15-10-14(25)7-8-16(15)26-21(24)32/h7-8,10,13,17-18H,9,11-12H2,1-6H3,(H,26,32)(H,30,31)/t17-,18-,24-/m0/s1. The lowest BCUT2D eigenvalue weighted by Crippen LogP contribution is -2.53. The summed E-state index contributed by atoms with van der Waals surface area (Å²) in [6.07, 6.45) is -0.459. The van der Waals surface area contributed by atoms with E-state index in [9.17, 15) is 24.3 Å². The maximum Gasteiger partial charge on any atom is 0.410 e. The van der Waals surface area contributed by atoms with Crippen LogP contribution in [0.4, 0.5) is 10.5 Å². The fraction of sp³-hybridized carbons (Fsp3) is 0.583. The first-order valence-electron chi connectivity index (χ1n) is 11.3. The minimum Gasteiger partial charge on any atom is -0.480 e. The molecule has 9 nitrogen and oxygen atoms in total. The van der Waals surface area contributed by atoms with Gasteiger partial charge in [-0.25, -0.2) is 9.59 Å². The minimum absolute atomic E-state index is 0.0352. The van der Waals surface area contributed by atoms with Gasteiger partial charge in [-0.1, -0.05) is 25.4 Å². The number of hydrogen-bond donors (Lipinski definition) is 2. The van der Waals surface area contributed by atoms with Gasteiger partial charge in [-0.2, -0.15) is 0 Å². The van der Waals surface area contributed by atoms with Gasteiger partial charge in [0, 0.05) is 24.3 Å². The van der Waals surface area contributed by atoms with E-state index in [1.54, 1.807) is 39.0 Å². The van der Waals surface area contributed by atoms with Crippen molar-refractivity contribution in [3.8, 4) is 0 Å². The normalized spacial score (nSPS) is 22.5. The van der Waals surface area contributed by atoms with Crippen molar-refractivity contribution in [3.05, 3.63) is 28.8 Å². The highest BCUT2D eigenvalue weighted by molar-refractivity contribution is 6.31. The summed E-state index contributed by atoms with van der Waals surface area (Å²) in [4.78, 5) is 54.3. The third-order valence-electron chi connectivity index (χ3n) is 6.24. The highest BCUT2D eigenvalue weighted by atomic mass is 35.5. The number of nitrogens with one attached hydrogen (secondary N) is 1. The summed E-state index contributed by atoms with van der Waals surface area (Å²) in [5.41, 5.74) is -0.862. The Morgan fingerprint density at radius 1 is 1.32 bits per heavy atom. The molecule has 2 N–H and O–H groups in total. The van der Waals surface area contributed by atoms with Gasteiger partial charge in [0.05, 0.1) is 5.41 Å². The topological polar surface area (TPSA) is 116 Å². The molecule has 0 saturated carbocycles. The molecule has 1 saturated heterocycles. The van der Waals surface area contributed by atoms with E-state index in [0.717, 1.165) is 0 Å². The van der Waals surface area contributed by atoms with Crippen molar-refractivity contribution < 1.29 is 29.0 Å². The fourth-order valence-electron chi connectivity index (χ4n) is 4.63. The van der Waals surface area contributed by atoms with Crippen LogP contribution in [-0.4, -0.2) is 70.1 Å². The maximum absolute atomic E-state index is 13.8. The Morgan fingerprint density at radius 2 is 1.97 bits per heavy atom. The molecule has 1 spiro atoms. The van der Waals surface area contributed by atoms with Crippen molar-refractivity contribution >= 4 is 41.2 Å². The van der Waals surface area contributed by atoms with Crippen LogP contribution < -0.4 is 5.32 Å². The van der Waals surface area contributed by atoms with Crippen molar-refractivity contribution in [2.24, 2.45) is 5.92 Å². The van der Waals surface area contributed by atoms with Crippen molar-refractivity contribution in [3.63, 3.8) is 0 Å². The molecule has 2 heterocycles. The van der Waals surface area contributed by atoms with Gasteiger partial charge in [0.1, 0.15) is 17.7 Å². The molecule has 34 heavy (non-hydrogen) atoms. The van der Waals surface area contributed by atoms with Crippen LogP contribution in [0.3, 0.4) is 0 Å². The first-order valence-corrected chi connectivity index (χ1v) is 11.6. The van der Waals surface area contributed by atoms with E-state index in [-0.39, 0.29) is 24.8 Å². The maximum atomic E-state index is 13.8. The SMILES string of the molecule is CC(C)C[C@@H](C(=O)N1C[C@]2(C[C@H]1C(=O)O)C(=O)Nc1ccc(Cl)cc12)N(C)C(=O)OC(C)(C)C. The van der Waals surface area contributed by atoms with Crippen LogP contribution in [0.2, 0.25) is 5.02 Å². The molecule has 2 aliphatic rings. The van der Waals surface area contributed by atoms with E-state index >= 15 is 0 Å². The van der Waals surface area contributed by atoms with Crippen LogP contribution in [0.5, 0.6) is 0 Å². The summed E-state index contributed by atoms with van der Waals surface area (Å²) in [5, 5.41) is 13.2. The molecule has 0 aromatic heterocycles. The van der Waals surface area contributed by atoms with Crippen LogP contribution in [0.25, 0.3) is 0 Å². The molecule has 1 fully saturated rings. The number of fused-ring (bicyclic) bond motifs is 2. The summed E-state index contributed by atoms with van der Waals surface area (Å²) < 4.78 is 5.44. The Kier molecular flexibility index (Phi) is 6.90. The number of nitrogens with zero attached hydrogens (tertiary/aromatic N) is 2. The molecule has 0 bridgehead atoms. The molecular formula is C24H32ClN3O6. The average molecular weight is 494 g/mol. The Labute approximate surface area is 204 Å². The highest BCUT2D eigenvalue weighted by Crippen LogP contribution is 2.47. The number of halogens is 1. The summed E-state index contributed by atoms with van der Waals surface area (Å²) in [6.45, 7) is 8.87. The Hall–Kier alpha value is -2.81. The third-order valence-corrected chi connectivity index (χ3v) is 6.47. The number of hydrogen-bond acceptors (Lipinski definition) is 5. The van der Waals surface area contributed by atoms with E-state index in [0.29, 0.717) is 22.7 Å². The smallest absolute Gasteiger partial charge is 0.410 e. The van der Waals surface area contributed by atoms with Crippen molar-refractivity contribution in [2.75, 3.05) is 18.9 Å². The quantitative estimate of drug-likeness (QED) is 0.648. The largest absolute Gasteiger partial charge is 0.480 e. The zero-order valence-electron chi connectivity index (χ0n) is 20.3. The lowest BCUT2D eigenvalue weighted by Gasteiger charge is -2.34. The van der Waals surface area contributed by atoms with Crippen LogP contribution in [-0.2, 0) is 24.5 Å². The zero-order valence-corrected chi connectivity index (χ0v) is 21.1. The number of amides is 3. The zero-order chi connectivity index (χ0) is 25.6. The monoisotopic (exact) mass is 493 g/mol.